The number of anilines is 1. The third-order valence-corrected chi connectivity index (χ3v) is 3.39. The van der Waals surface area contributed by atoms with Gasteiger partial charge in [0.1, 0.15) is 5.82 Å². The van der Waals surface area contributed by atoms with Gasteiger partial charge in [0.25, 0.3) is 5.91 Å². The lowest BCUT2D eigenvalue weighted by Crippen LogP contribution is -2.23. The molecule has 0 bridgehead atoms. The Morgan fingerprint density at radius 3 is 2.59 bits per heavy atom. The van der Waals surface area contributed by atoms with Crippen LogP contribution >= 0.6 is 0 Å². The normalized spacial score (nSPS) is 12.4. The predicted molar refractivity (Wildman–Crippen MR) is 88.2 cm³/mol. The van der Waals surface area contributed by atoms with Gasteiger partial charge in [0.2, 0.25) is 10.0 Å². The van der Waals surface area contributed by atoms with Crippen molar-refractivity contribution in [1.29, 1.82) is 0 Å². The molecule has 0 aliphatic heterocycles. The van der Waals surface area contributed by atoms with E-state index in [1.807, 2.05) is 25.2 Å². The topological polar surface area (TPSA) is 88.2 Å². The molecule has 0 unspecified atom stereocenters. The number of carbonyl (C=O) groups is 1. The van der Waals surface area contributed by atoms with Crippen molar-refractivity contribution >= 4 is 21.7 Å². The summed E-state index contributed by atoms with van der Waals surface area (Å²) in [5.41, 5.74) is 1.57. The Labute approximate surface area is 131 Å². The molecule has 1 rings (SSSR count). The zero-order valence-electron chi connectivity index (χ0n) is 13.0. The lowest BCUT2D eigenvalue weighted by atomic mass is 10.2. The number of allylic oxidation sites excluding steroid dienone is 3. The van der Waals surface area contributed by atoms with Gasteiger partial charge < -0.3 is 5.32 Å². The molecule has 6 nitrogen and oxygen atoms in total. The summed E-state index contributed by atoms with van der Waals surface area (Å²) in [6.45, 7) is 4.45. The molecular formula is C15H21N3O3S. The van der Waals surface area contributed by atoms with E-state index >= 15 is 0 Å². The van der Waals surface area contributed by atoms with E-state index in [0.29, 0.717) is 12.1 Å². The Kier molecular flexibility index (Phi) is 6.78. The first-order valence-electron chi connectivity index (χ1n) is 6.89. The number of sulfonamides is 1. The second-order valence-electron chi connectivity index (χ2n) is 4.64. The molecule has 0 spiro atoms. The van der Waals surface area contributed by atoms with Gasteiger partial charge in [-0.25, -0.2) is 13.4 Å². The van der Waals surface area contributed by atoms with E-state index in [2.05, 4.69) is 21.9 Å². The fraction of sp³-hybridized carbons (Fsp3) is 0.333. The van der Waals surface area contributed by atoms with Crippen LogP contribution in [0.5, 0.6) is 0 Å². The van der Waals surface area contributed by atoms with Crippen LogP contribution in [0.1, 0.15) is 30.6 Å². The van der Waals surface area contributed by atoms with Crippen LogP contribution in [-0.4, -0.2) is 32.1 Å². The van der Waals surface area contributed by atoms with Gasteiger partial charge in [0, 0.05) is 12.7 Å². The maximum Gasteiger partial charge on any atom is 0.253 e. The number of nitrogens with one attached hydrogen (secondary N) is 2. The number of nitrogens with zero attached hydrogens (tertiary/aromatic N) is 1. The standard InChI is InChI=1S/C15H21N3O3S/c1-4-12(5-2)7-6-10-16-15(19)13-8-9-14(17-11-13)18-22(3,20)21/h4,6-9,11H,5,10H2,1-3H3,(H,16,19)(H,17,18). The van der Waals surface area contributed by atoms with E-state index in [-0.39, 0.29) is 11.7 Å². The highest BCUT2D eigenvalue weighted by molar-refractivity contribution is 7.92. The number of aromatic nitrogens is 1. The lowest BCUT2D eigenvalue weighted by molar-refractivity contribution is 0.0957. The third-order valence-electron chi connectivity index (χ3n) is 2.81. The Bertz CT molecular complexity index is 662. The molecule has 1 heterocycles. The first kappa shape index (κ1) is 17.9. The summed E-state index contributed by atoms with van der Waals surface area (Å²) in [6.07, 6.45) is 9.18. The van der Waals surface area contributed by atoms with Crippen LogP contribution in [0.25, 0.3) is 0 Å². The monoisotopic (exact) mass is 323 g/mol. The Balaban J connectivity index is 2.56. The van der Waals surface area contributed by atoms with E-state index in [1.165, 1.54) is 23.9 Å². The van der Waals surface area contributed by atoms with E-state index in [4.69, 9.17) is 0 Å². The number of hydrogen-bond acceptors (Lipinski definition) is 4. The molecule has 2 N–H and O–H groups in total. The molecule has 0 saturated heterocycles. The van der Waals surface area contributed by atoms with Crippen molar-refractivity contribution in [3.63, 3.8) is 0 Å². The zero-order valence-corrected chi connectivity index (χ0v) is 13.8. The number of hydrogen-bond donors (Lipinski definition) is 2. The average molecular weight is 323 g/mol. The zero-order chi connectivity index (χ0) is 16.6. The highest BCUT2D eigenvalue weighted by Crippen LogP contribution is 2.06. The lowest BCUT2D eigenvalue weighted by Gasteiger charge is -2.05. The van der Waals surface area contributed by atoms with Crippen LogP contribution in [0.15, 0.2) is 42.1 Å². The Morgan fingerprint density at radius 1 is 1.36 bits per heavy atom. The minimum atomic E-state index is -3.37. The maximum atomic E-state index is 11.9. The van der Waals surface area contributed by atoms with Crippen LogP contribution in [-0.2, 0) is 10.0 Å². The van der Waals surface area contributed by atoms with Gasteiger partial charge in [-0.1, -0.05) is 30.7 Å². The van der Waals surface area contributed by atoms with E-state index in [0.717, 1.165) is 12.7 Å². The van der Waals surface area contributed by atoms with Crippen LogP contribution in [0, 0.1) is 0 Å². The average Bonchev–Trinajstić information content (AvgIpc) is 2.46. The van der Waals surface area contributed by atoms with Crippen LogP contribution in [0.2, 0.25) is 0 Å². The third kappa shape index (κ3) is 6.53. The molecule has 7 heteroatoms. The highest BCUT2D eigenvalue weighted by Gasteiger charge is 2.07. The first-order valence-corrected chi connectivity index (χ1v) is 8.78. The predicted octanol–water partition coefficient (Wildman–Crippen LogP) is 2.10. The van der Waals surface area contributed by atoms with Gasteiger partial charge in [0.05, 0.1) is 11.8 Å². The van der Waals surface area contributed by atoms with Crippen LogP contribution in [0.3, 0.4) is 0 Å². The van der Waals surface area contributed by atoms with E-state index in [9.17, 15) is 13.2 Å². The Morgan fingerprint density at radius 2 is 2.09 bits per heavy atom. The highest BCUT2D eigenvalue weighted by atomic mass is 32.2. The van der Waals surface area contributed by atoms with Gasteiger partial charge in [-0.2, -0.15) is 0 Å². The number of rotatable bonds is 7. The molecule has 0 fully saturated rings. The van der Waals surface area contributed by atoms with Gasteiger partial charge >= 0.3 is 0 Å². The molecule has 120 valence electrons. The molecule has 1 amide bonds. The van der Waals surface area contributed by atoms with Gasteiger partial charge in [-0.15, -0.1) is 0 Å². The minimum Gasteiger partial charge on any atom is -0.349 e. The number of pyridine rings is 1. The van der Waals surface area contributed by atoms with Crippen molar-refractivity contribution in [2.75, 3.05) is 17.5 Å². The molecule has 1 aromatic rings. The summed E-state index contributed by atoms with van der Waals surface area (Å²) in [7, 11) is -3.37. The van der Waals surface area contributed by atoms with Crippen molar-refractivity contribution in [1.82, 2.24) is 10.3 Å². The van der Waals surface area contributed by atoms with Crippen LogP contribution < -0.4 is 10.0 Å². The number of amides is 1. The smallest absolute Gasteiger partial charge is 0.253 e. The quantitative estimate of drug-likeness (QED) is 0.752. The molecule has 0 saturated carbocycles. The first-order chi connectivity index (χ1) is 10.4. The molecule has 1 aromatic heterocycles. The number of carbonyl (C=O) groups excluding carboxylic acids is 1. The van der Waals surface area contributed by atoms with Crippen molar-refractivity contribution in [2.45, 2.75) is 20.3 Å². The SMILES string of the molecule is CC=C(C=CCNC(=O)c1ccc(NS(C)(=O)=O)nc1)CC. The summed E-state index contributed by atoms with van der Waals surface area (Å²) >= 11 is 0. The largest absolute Gasteiger partial charge is 0.349 e. The fourth-order valence-electron chi connectivity index (χ4n) is 1.66. The summed E-state index contributed by atoms with van der Waals surface area (Å²) in [5, 5.41) is 2.74. The van der Waals surface area contributed by atoms with Gasteiger partial charge in [-0.3, -0.25) is 9.52 Å². The molecular weight excluding hydrogens is 302 g/mol. The molecule has 22 heavy (non-hydrogen) atoms. The van der Waals surface area contributed by atoms with E-state index < -0.39 is 10.0 Å². The van der Waals surface area contributed by atoms with Crippen LogP contribution in [0.4, 0.5) is 5.82 Å². The van der Waals surface area contributed by atoms with Gasteiger partial charge in [0.15, 0.2) is 0 Å². The van der Waals surface area contributed by atoms with Crippen molar-refractivity contribution in [3.8, 4) is 0 Å². The minimum absolute atomic E-state index is 0.180. The van der Waals surface area contributed by atoms with Crippen molar-refractivity contribution in [2.24, 2.45) is 0 Å². The maximum absolute atomic E-state index is 11.9. The summed E-state index contributed by atoms with van der Waals surface area (Å²) in [4.78, 5) is 15.8. The fourth-order valence-corrected chi connectivity index (χ4v) is 2.16. The summed E-state index contributed by atoms with van der Waals surface area (Å²) < 4.78 is 24.3. The molecule has 0 aliphatic rings. The second kappa shape index (κ2) is 8.33. The van der Waals surface area contributed by atoms with Crippen molar-refractivity contribution < 1.29 is 13.2 Å². The molecule has 0 atom stereocenters. The Hall–Kier alpha value is -2.15. The summed E-state index contributed by atoms with van der Waals surface area (Å²) in [5.74, 6) is -0.0822. The second-order valence-corrected chi connectivity index (χ2v) is 6.38. The van der Waals surface area contributed by atoms with Crippen molar-refractivity contribution in [3.05, 3.63) is 47.7 Å². The summed E-state index contributed by atoms with van der Waals surface area (Å²) in [6, 6.07) is 2.96. The van der Waals surface area contributed by atoms with Gasteiger partial charge in [-0.05, 0) is 25.5 Å². The molecule has 0 aromatic carbocycles. The molecule has 0 radical (unpaired) electrons. The molecule has 0 aliphatic carbocycles. The van der Waals surface area contributed by atoms with E-state index in [1.54, 1.807) is 0 Å².